The predicted octanol–water partition coefficient (Wildman–Crippen LogP) is 4.04. The van der Waals surface area contributed by atoms with Crippen LogP contribution in [0.25, 0.3) is 0 Å². The minimum Gasteiger partial charge on any atom is -0.479 e. The number of nitro groups is 1. The molecule has 0 saturated carbocycles. The third-order valence-corrected chi connectivity index (χ3v) is 4.13. The number of nitriles is 1. The van der Waals surface area contributed by atoms with Crippen LogP contribution in [0.3, 0.4) is 0 Å². The van der Waals surface area contributed by atoms with Crippen LogP contribution in [0.1, 0.15) is 25.1 Å². The molecule has 0 aliphatic carbocycles. The van der Waals surface area contributed by atoms with E-state index in [0.29, 0.717) is 17.9 Å². The number of carbonyl (C=O) groups excluding carboxylic acids is 1. The van der Waals surface area contributed by atoms with Crippen molar-refractivity contribution >= 4 is 23.0 Å². The van der Waals surface area contributed by atoms with E-state index in [-0.39, 0.29) is 22.2 Å². The standard InChI is InChI=1S/C17H16N2O6S/c1-3-15(16(20)23-4-2)24-11-5-7-12(8-6-11)25-17-14(19(21)22)9-13(10-18)26-17/h5-9,15H,3-4H2,1-2H3. The van der Waals surface area contributed by atoms with Crippen molar-refractivity contribution in [2.45, 2.75) is 26.4 Å². The van der Waals surface area contributed by atoms with Gasteiger partial charge in [-0.2, -0.15) is 5.26 Å². The summed E-state index contributed by atoms with van der Waals surface area (Å²) in [6.07, 6.45) is -0.256. The van der Waals surface area contributed by atoms with E-state index < -0.39 is 17.0 Å². The first-order valence-electron chi connectivity index (χ1n) is 7.78. The summed E-state index contributed by atoms with van der Waals surface area (Å²) in [6, 6.07) is 9.31. The van der Waals surface area contributed by atoms with E-state index >= 15 is 0 Å². The molecular formula is C17H16N2O6S. The van der Waals surface area contributed by atoms with Crippen LogP contribution in [-0.4, -0.2) is 23.6 Å². The van der Waals surface area contributed by atoms with E-state index in [1.807, 2.05) is 13.0 Å². The molecule has 1 atom stereocenters. The molecule has 1 aromatic heterocycles. The Hall–Kier alpha value is -3.12. The van der Waals surface area contributed by atoms with E-state index in [1.54, 1.807) is 31.2 Å². The van der Waals surface area contributed by atoms with Gasteiger partial charge in [-0.15, -0.1) is 0 Å². The molecule has 0 aliphatic heterocycles. The van der Waals surface area contributed by atoms with Gasteiger partial charge < -0.3 is 14.2 Å². The Morgan fingerprint density at radius 3 is 2.50 bits per heavy atom. The molecule has 0 N–H and O–H groups in total. The summed E-state index contributed by atoms with van der Waals surface area (Å²) in [4.78, 5) is 22.4. The summed E-state index contributed by atoms with van der Waals surface area (Å²) in [5, 5.41) is 19.9. The Balaban J connectivity index is 2.10. The van der Waals surface area contributed by atoms with Gasteiger partial charge >= 0.3 is 11.7 Å². The fourth-order valence-electron chi connectivity index (χ4n) is 2.01. The molecule has 26 heavy (non-hydrogen) atoms. The van der Waals surface area contributed by atoms with E-state index in [1.165, 1.54) is 6.07 Å². The zero-order chi connectivity index (χ0) is 19.1. The van der Waals surface area contributed by atoms with Gasteiger partial charge in [-0.25, -0.2) is 4.79 Å². The first kappa shape index (κ1) is 19.2. The molecule has 9 heteroatoms. The summed E-state index contributed by atoms with van der Waals surface area (Å²) >= 11 is 0.893. The van der Waals surface area contributed by atoms with Crippen molar-refractivity contribution in [1.82, 2.24) is 0 Å². The third kappa shape index (κ3) is 4.70. The predicted molar refractivity (Wildman–Crippen MR) is 93.5 cm³/mol. The molecule has 2 aromatic rings. The molecule has 0 aliphatic rings. The minimum atomic E-state index is -0.710. The van der Waals surface area contributed by atoms with Crippen LogP contribution in [-0.2, 0) is 9.53 Å². The number of hydrogen-bond donors (Lipinski definition) is 0. The van der Waals surface area contributed by atoms with Gasteiger partial charge in [-0.1, -0.05) is 18.3 Å². The Morgan fingerprint density at radius 1 is 1.31 bits per heavy atom. The van der Waals surface area contributed by atoms with Crippen LogP contribution in [0, 0.1) is 21.4 Å². The number of benzene rings is 1. The third-order valence-electron chi connectivity index (χ3n) is 3.22. The molecule has 1 aromatic carbocycles. The molecular weight excluding hydrogens is 360 g/mol. The van der Waals surface area contributed by atoms with Gasteiger partial charge in [0.05, 0.1) is 11.5 Å². The van der Waals surface area contributed by atoms with Crippen LogP contribution >= 0.6 is 11.3 Å². The van der Waals surface area contributed by atoms with Gasteiger partial charge in [-0.3, -0.25) is 10.1 Å². The second-order valence-corrected chi connectivity index (χ2v) is 6.01. The van der Waals surface area contributed by atoms with Gasteiger partial charge in [-0.05, 0) is 37.6 Å². The van der Waals surface area contributed by atoms with E-state index in [0.717, 1.165) is 11.3 Å². The lowest BCUT2D eigenvalue weighted by molar-refractivity contribution is -0.385. The van der Waals surface area contributed by atoms with Crippen molar-refractivity contribution in [3.8, 4) is 22.6 Å². The smallest absolute Gasteiger partial charge is 0.347 e. The van der Waals surface area contributed by atoms with Crippen molar-refractivity contribution in [2.75, 3.05) is 6.61 Å². The van der Waals surface area contributed by atoms with E-state index in [9.17, 15) is 14.9 Å². The fraction of sp³-hybridized carbons (Fsp3) is 0.294. The van der Waals surface area contributed by atoms with E-state index in [2.05, 4.69) is 0 Å². The molecule has 1 unspecified atom stereocenters. The molecule has 0 bridgehead atoms. The molecule has 0 fully saturated rings. The zero-order valence-electron chi connectivity index (χ0n) is 14.1. The maximum atomic E-state index is 11.8. The number of thiophene rings is 1. The highest BCUT2D eigenvalue weighted by atomic mass is 32.1. The van der Waals surface area contributed by atoms with Crippen molar-refractivity contribution in [3.63, 3.8) is 0 Å². The average Bonchev–Trinajstić information content (AvgIpc) is 3.04. The molecule has 8 nitrogen and oxygen atoms in total. The molecule has 0 saturated heterocycles. The Bertz CT molecular complexity index is 825. The first-order chi connectivity index (χ1) is 12.5. The monoisotopic (exact) mass is 376 g/mol. The van der Waals surface area contributed by atoms with Gasteiger partial charge in [0.25, 0.3) is 5.06 Å². The first-order valence-corrected chi connectivity index (χ1v) is 8.59. The number of rotatable bonds is 8. The number of esters is 1. The highest BCUT2D eigenvalue weighted by molar-refractivity contribution is 7.14. The summed E-state index contributed by atoms with van der Waals surface area (Å²) in [5.74, 6) is 0.347. The molecule has 1 heterocycles. The maximum absolute atomic E-state index is 11.8. The fourth-order valence-corrected chi connectivity index (χ4v) is 2.80. The molecule has 2 rings (SSSR count). The lowest BCUT2D eigenvalue weighted by Crippen LogP contribution is -2.28. The number of hydrogen-bond acceptors (Lipinski definition) is 8. The quantitative estimate of drug-likeness (QED) is 0.388. The number of carbonyl (C=O) groups is 1. The van der Waals surface area contributed by atoms with Crippen molar-refractivity contribution in [2.24, 2.45) is 0 Å². The number of nitrogens with zero attached hydrogens (tertiary/aromatic N) is 2. The molecule has 0 amide bonds. The van der Waals surface area contributed by atoms with Gasteiger partial charge in [0.2, 0.25) is 0 Å². The minimum absolute atomic E-state index is 0.0261. The lowest BCUT2D eigenvalue weighted by atomic mass is 10.2. The summed E-state index contributed by atoms with van der Waals surface area (Å²) < 4.78 is 16.0. The highest BCUT2D eigenvalue weighted by Gasteiger charge is 2.22. The van der Waals surface area contributed by atoms with Crippen molar-refractivity contribution in [3.05, 3.63) is 45.3 Å². The largest absolute Gasteiger partial charge is 0.479 e. The summed E-state index contributed by atoms with van der Waals surface area (Å²) in [5.41, 5.74) is -0.264. The van der Waals surface area contributed by atoms with Gasteiger partial charge in [0.15, 0.2) is 6.10 Å². The van der Waals surface area contributed by atoms with Gasteiger partial charge in [0.1, 0.15) is 22.4 Å². The van der Waals surface area contributed by atoms with Crippen LogP contribution in [0.4, 0.5) is 5.69 Å². The van der Waals surface area contributed by atoms with Crippen LogP contribution in [0.5, 0.6) is 16.6 Å². The van der Waals surface area contributed by atoms with Crippen LogP contribution in [0.2, 0.25) is 0 Å². The molecule has 136 valence electrons. The second kappa shape index (κ2) is 8.82. The molecule has 0 radical (unpaired) electrons. The summed E-state index contributed by atoms with van der Waals surface area (Å²) in [6.45, 7) is 3.80. The second-order valence-electron chi connectivity index (χ2n) is 4.99. The average molecular weight is 376 g/mol. The Kier molecular flexibility index (Phi) is 6.52. The topological polar surface area (TPSA) is 112 Å². The molecule has 0 spiro atoms. The van der Waals surface area contributed by atoms with E-state index in [4.69, 9.17) is 19.5 Å². The Labute approximate surface area is 153 Å². The number of ether oxygens (including phenoxy) is 3. The van der Waals surface area contributed by atoms with Crippen molar-refractivity contribution in [1.29, 1.82) is 5.26 Å². The highest BCUT2D eigenvalue weighted by Crippen LogP contribution is 2.39. The maximum Gasteiger partial charge on any atom is 0.347 e. The summed E-state index contributed by atoms with van der Waals surface area (Å²) in [7, 11) is 0. The zero-order valence-corrected chi connectivity index (χ0v) is 14.9. The SMILES string of the molecule is CCOC(=O)C(CC)Oc1ccc(Oc2sc(C#N)cc2[N+](=O)[O-])cc1. The van der Waals surface area contributed by atoms with Crippen molar-refractivity contribution < 1.29 is 23.9 Å². The van der Waals surface area contributed by atoms with Crippen LogP contribution < -0.4 is 9.47 Å². The normalized spacial score (nSPS) is 11.3. The van der Waals surface area contributed by atoms with Gasteiger partial charge in [0, 0.05) is 6.07 Å². The van der Waals surface area contributed by atoms with Crippen LogP contribution in [0.15, 0.2) is 30.3 Å². The lowest BCUT2D eigenvalue weighted by Gasteiger charge is -2.16. The Morgan fingerprint density at radius 2 is 1.96 bits per heavy atom.